The normalized spacial score (nSPS) is 19.7. The highest BCUT2D eigenvalue weighted by Crippen LogP contribution is 2.23. The van der Waals surface area contributed by atoms with Gasteiger partial charge in [0.05, 0.1) is 0 Å². The molecule has 0 spiro atoms. The van der Waals surface area contributed by atoms with E-state index in [-0.39, 0.29) is 11.9 Å². The number of carbonyl (C=O) groups is 2. The first-order chi connectivity index (χ1) is 8.08. The maximum atomic E-state index is 11.4. The number of rotatable bonds is 2. The molecule has 0 aliphatic carbocycles. The van der Waals surface area contributed by atoms with E-state index in [1.807, 2.05) is 24.3 Å². The van der Waals surface area contributed by atoms with Crippen molar-refractivity contribution in [1.29, 1.82) is 0 Å². The first kappa shape index (κ1) is 12.1. The fourth-order valence-electron chi connectivity index (χ4n) is 2.09. The fourth-order valence-corrected chi connectivity index (χ4v) is 2.36. The van der Waals surface area contributed by atoms with Crippen molar-refractivity contribution in [3.63, 3.8) is 0 Å². The smallest absolute Gasteiger partial charge is 0.414 e. The van der Waals surface area contributed by atoms with Gasteiger partial charge in [0.25, 0.3) is 0 Å². The molecule has 1 aliphatic rings. The van der Waals surface area contributed by atoms with Crippen molar-refractivity contribution in [2.45, 2.75) is 25.3 Å². The van der Waals surface area contributed by atoms with Gasteiger partial charge in [0.15, 0.2) is 0 Å². The van der Waals surface area contributed by atoms with Crippen molar-refractivity contribution in [3.8, 4) is 0 Å². The van der Waals surface area contributed by atoms with Crippen molar-refractivity contribution in [3.05, 3.63) is 34.3 Å². The Labute approximate surface area is 107 Å². The van der Waals surface area contributed by atoms with Crippen molar-refractivity contribution in [2.75, 3.05) is 0 Å². The van der Waals surface area contributed by atoms with E-state index in [4.69, 9.17) is 5.11 Å². The summed E-state index contributed by atoms with van der Waals surface area (Å²) in [5.74, 6) is -0.292. The zero-order chi connectivity index (χ0) is 12.4. The quantitative estimate of drug-likeness (QED) is 0.913. The zero-order valence-electron chi connectivity index (χ0n) is 9.10. The van der Waals surface area contributed by atoms with E-state index in [0.717, 1.165) is 14.9 Å². The minimum absolute atomic E-state index is 0.221. The monoisotopic (exact) mass is 297 g/mol. The number of nitrogens with zero attached hydrogens (tertiary/aromatic N) is 1. The zero-order valence-corrected chi connectivity index (χ0v) is 10.7. The Hall–Kier alpha value is -1.36. The molecular weight excluding hydrogens is 286 g/mol. The van der Waals surface area contributed by atoms with Crippen LogP contribution in [0.25, 0.3) is 0 Å². The predicted molar refractivity (Wildman–Crippen MR) is 65.7 cm³/mol. The van der Waals surface area contributed by atoms with Crippen LogP contribution in [-0.2, 0) is 11.2 Å². The van der Waals surface area contributed by atoms with Crippen LogP contribution in [0.2, 0.25) is 0 Å². The Morgan fingerprint density at radius 1 is 1.41 bits per heavy atom. The number of likely N-dealkylation sites (tertiary alicyclic amines) is 1. The van der Waals surface area contributed by atoms with E-state index in [9.17, 15) is 9.59 Å². The standard InChI is InChI=1S/C12H12BrNO3/c13-9-3-1-8(2-4-9)7-10-5-6-11(15)14(10)12(16)17/h1-4,10H,5-7H2,(H,16,17)/t10-/m0/s1. The molecule has 1 fully saturated rings. The van der Waals surface area contributed by atoms with Crippen LogP contribution in [0, 0.1) is 0 Å². The lowest BCUT2D eigenvalue weighted by atomic mass is 10.0. The van der Waals surface area contributed by atoms with Crippen molar-refractivity contribution >= 4 is 27.9 Å². The number of imide groups is 1. The van der Waals surface area contributed by atoms with Crippen LogP contribution in [0.5, 0.6) is 0 Å². The summed E-state index contributed by atoms with van der Waals surface area (Å²) in [7, 11) is 0. The van der Waals surface area contributed by atoms with E-state index in [2.05, 4.69) is 15.9 Å². The SMILES string of the molecule is O=C(O)N1C(=O)CC[C@H]1Cc1ccc(Br)cc1. The maximum absolute atomic E-state index is 11.4. The van der Waals surface area contributed by atoms with Gasteiger partial charge in [0.2, 0.25) is 5.91 Å². The van der Waals surface area contributed by atoms with Crippen molar-refractivity contribution in [1.82, 2.24) is 4.90 Å². The molecule has 1 N–H and O–H groups in total. The van der Waals surface area contributed by atoms with Gasteiger partial charge in [-0.15, -0.1) is 0 Å². The molecule has 5 heteroatoms. The summed E-state index contributed by atoms with van der Waals surface area (Å²) in [5.41, 5.74) is 1.04. The van der Waals surface area contributed by atoms with E-state index in [0.29, 0.717) is 19.3 Å². The highest BCUT2D eigenvalue weighted by molar-refractivity contribution is 9.10. The molecule has 1 aliphatic heterocycles. The van der Waals surface area contributed by atoms with Gasteiger partial charge in [-0.1, -0.05) is 28.1 Å². The summed E-state index contributed by atoms with van der Waals surface area (Å²) in [6.07, 6.45) is 0.384. The Morgan fingerprint density at radius 3 is 2.65 bits per heavy atom. The highest BCUT2D eigenvalue weighted by Gasteiger charge is 2.35. The lowest BCUT2D eigenvalue weighted by molar-refractivity contribution is -0.126. The Bertz CT molecular complexity index is 444. The number of amides is 2. The molecule has 0 saturated carbocycles. The lowest BCUT2D eigenvalue weighted by Crippen LogP contribution is -2.38. The first-order valence-electron chi connectivity index (χ1n) is 5.37. The second-order valence-electron chi connectivity index (χ2n) is 4.07. The Morgan fingerprint density at radius 2 is 2.06 bits per heavy atom. The number of benzene rings is 1. The number of carbonyl (C=O) groups excluding carboxylic acids is 1. The number of carboxylic acid groups (broad SMARTS) is 1. The van der Waals surface area contributed by atoms with Crippen molar-refractivity contribution < 1.29 is 14.7 Å². The van der Waals surface area contributed by atoms with E-state index in [1.165, 1.54) is 0 Å². The number of halogens is 1. The molecule has 0 unspecified atom stereocenters. The molecule has 1 heterocycles. The highest BCUT2D eigenvalue weighted by atomic mass is 79.9. The summed E-state index contributed by atoms with van der Waals surface area (Å²) >= 11 is 3.34. The molecule has 90 valence electrons. The fraction of sp³-hybridized carbons (Fsp3) is 0.333. The Kier molecular flexibility index (Phi) is 3.47. The maximum Gasteiger partial charge on any atom is 0.414 e. The van der Waals surface area contributed by atoms with Gasteiger partial charge in [0.1, 0.15) is 0 Å². The molecule has 2 amide bonds. The van der Waals surface area contributed by atoms with E-state index >= 15 is 0 Å². The summed E-state index contributed by atoms with van der Waals surface area (Å²) < 4.78 is 0.985. The van der Waals surface area contributed by atoms with Crippen LogP contribution in [0.4, 0.5) is 4.79 Å². The third-order valence-electron chi connectivity index (χ3n) is 2.92. The topological polar surface area (TPSA) is 57.6 Å². The first-order valence-corrected chi connectivity index (χ1v) is 6.16. The molecule has 1 atom stereocenters. The van der Waals surface area contributed by atoms with Crippen molar-refractivity contribution in [2.24, 2.45) is 0 Å². The molecule has 17 heavy (non-hydrogen) atoms. The van der Waals surface area contributed by atoms with E-state index in [1.54, 1.807) is 0 Å². The van der Waals surface area contributed by atoms with Crippen LogP contribution in [0.15, 0.2) is 28.7 Å². The molecular formula is C12H12BrNO3. The van der Waals surface area contributed by atoms with Gasteiger partial charge >= 0.3 is 6.09 Å². The average molecular weight is 298 g/mol. The molecule has 1 aromatic rings. The van der Waals surface area contributed by atoms with Crippen LogP contribution in [0.3, 0.4) is 0 Å². The molecule has 4 nitrogen and oxygen atoms in total. The minimum Gasteiger partial charge on any atom is -0.465 e. The molecule has 1 saturated heterocycles. The average Bonchev–Trinajstić information content (AvgIpc) is 2.63. The van der Waals surface area contributed by atoms with E-state index < -0.39 is 6.09 Å². The summed E-state index contributed by atoms with van der Waals surface area (Å²) in [4.78, 5) is 23.3. The van der Waals surface area contributed by atoms with Gasteiger partial charge < -0.3 is 5.11 Å². The summed E-state index contributed by atoms with van der Waals surface area (Å²) in [6.45, 7) is 0. The van der Waals surface area contributed by atoms with Gasteiger partial charge in [-0.05, 0) is 30.5 Å². The summed E-state index contributed by atoms with van der Waals surface area (Å²) in [6, 6.07) is 7.48. The van der Waals surface area contributed by atoms with Crippen LogP contribution >= 0.6 is 15.9 Å². The second-order valence-corrected chi connectivity index (χ2v) is 4.99. The van der Waals surface area contributed by atoms with Gasteiger partial charge in [-0.25, -0.2) is 9.69 Å². The summed E-state index contributed by atoms with van der Waals surface area (Å²) in [5, 5.41) is 8.97. The minimum atomic E-state index is -1.14. The molecule has 2 rings (SSSR count). The largest absolute Gasteiger partial charge is 0.465 e. The molecule has 0 bridgehead atoms. The van der Waals surface area contributed by atoms with Crippen LogP contribution < -0.4 is 0 Å². The lowest BCUT2D eigenvalue weighted by Gasteiger charge is -2.19. The second kappa shape index (κ2) is 4.87. The molecule has 1 aromatic carbocycles. The third kappa shape index (κ3) is 2.66. The number of hydrogen-bond donors (Lipinski definition) is 1. The molecule has 0 aromatic heterocycles. The molecule has 0 radical (unpaired) electrons. The van der Waals surface area contributed by atoms with Gasteiger partial charge in [-0.2, -0.15) is 0 Å². The van der Waals surface area contributed by atoms with Gasteiger partial charge in [-0.3, -0.25) is 4.79 Å². The van der Waals surface area contributed by atoms with Gasteiger partial charge in [0, 0.05) is 16.9 Å². The van der Waals surface area contributed by atoms with Crippen LogP contribution in [0.1, 0.15) is 18.4 Å². The number of hydrogen-bond acceptors (Lipinski definition) is 2. The predicted octanol–water partition coefficient (Wildman–Crippen LogP) is 2.66. The van der Waals surface area contributed by atoms with Crippen LogP contribution in [-0.4, -0.2) is 28.0 Å². The Balaban J connectivity index is 2.10. The third-order valence-corrected chi connectivity index (χ3v) is 3.44.